The Morgan fingerprint density at radius 3 is 1.91 bits per heavy atom. The topological polar surface area (TPSA) is 51.0 Å². The maximum absolute atomic E-state index is 13.4. The minimum atomic E-state index is 0.122. The van der Waals surface area contributed by atoms with E-state index >= 15 is 0 Å². The molecule has 1 saturated heterocycles. The lowest BCUT2D eigenvalue weighted by Gasteiger charge is -2.29. The highest BCUT2D eigenvalue weighted by atomic mass is 16.1. The minimum Gasteiger partial charge on any atom is -0.289 e. The van der Waals surface area contributed by atoms with Crippen LogP contribution in [0.5, 0.6) is 0 Å². The van der Waals surface area contributed by atoms with Gasteiger partial charge in [0.05, 0.1) is 5.69 Å². The number of hydrogen-bond acceptors (Lipinski definition) is 4. The van der Waals surface area contributed by atoms with Gasteiger partial charge in [0.2, 0.25) is 0 Å². The average molecular weight is 427 g/mol. The van der Waals surface area contributed by atoms with Crippen molar-refractivity contribution in [1.82, 2.24) is 19.9 Å². The van der Waals surface area contributed by atoms with Crippen LogP contribution < -0.4 is 0 Å². The van der Waals surface area contributed by atoms with Gasteiger partial charge >= 0.3 is 0 Å². The smallest absolute Gasteiger partial charge is 0.187 e. The molecule has 1 aliphatic heterocycles. The van der Waals surface area contributed by atoms with E-state index in [0.717, 1.165) is 40.9 Å². The summed E-state index contributed by atoms with van der Waals surface area (Å²) >= 11 is 0. The van der Waals surface area contributed by atoms with Gasteiger partial charge in [-0.15, -0.1) is 5.10 Å². The normalized spacial score (nSPS) is 17.4. The van der Waals surface area contributed by atoms with E-state index in [9.17, 15) is 4.79 Å². The Balaban J connectivity index is 1.63. The number of ketones is 1. The highest BCUT2D eigenvalue weighted by Gasteiger charge is 2.26. The van der Waals surface area contributed by atoms with Crippen LogP contribution in [0.25, 0.3) is 12.2 Å². The van der Waals surface area contributed by atoms with Crippen LogP contribution in [0, 0.1) is 13.8 Å². The Bertz CT molecular complexity index is 1070. The van der Waals surface area contributed by atoms with E-state index in [2.05, 4.69) is 84.5 Å². The van der Waals surface area contributed by atoms with E-state index in [1.807, 2.05) is 23.0 Å². The van der Waals surface area contributed by atoms with Crippen molar-refractivity contribution in [3.05, 3.63) is 93.8 Å². The molecule has 0 unspecified atom stereocenters. The summed E-state index contributed by atoms with van der Waals surface area (Å²) in [5, 5.41) is 8.55. The molecule has 0 atom stereocenters. The zero-order valence-corrected chi connectivity index (χ0v) is 19.1. The first-order chi connectivity index (χ1) is 15.5. The fraction of sp³-hybridized carbons (Fsp3) is 0.296. The second kappa shape index (κ2) is 9.88. The van der Waals surface area contributed by atoms with Crippen molar-refractivity contribution in [3.8, 4) is 0 Å². The first-order valence-corrected chi connectivity index (χ1v) is 11.2. The van der Waals surface area contributed by atoms with Gasteiger partial charge < -0.3 is 0 Å². The van der Waals surface area contributed by atoms with Gasteiger partial charge in [-0.1, -0.05) is 71.8 Å². The number of likely N-dealkylation sites (tertiary alicyclic amines) is 1. The molecule has 1 aliphatic rings. The maximum atomic E-state index is 13.4. The van der Waals surface area contributed by atoms with Crippen molar-refractivity contribution < 1.29 is 4.79 Å². The monoisotopic (exact) mass is 426 g/mol. The van der Waals surface area contributed by atoms with Crippen LogP contribution in [-0.4, -0.2) is 38.8 Å². The van der Waals surface area contributed by atoms with Crippen molar-refractivity contribution in [1.29, 1.82) is 0 Å². The van der Waals surface area contributed by atoms with Crippen molar-refractivity contribution in [2.24, 2.45) is 0 Å². The van der Waals surface area contributed by atoms with Gasteiger partial charge in [-0.3, -0.25) is 14.4 Å². The van der Waals surface area contributed by atoms with Crippen molar-refractivity contribution in [3.63, 3.8) is 0 Å². The number of carbonyl (C=O) groups excluding carboxylic acids is 1. The first kappa shape index (κ1) is 21.9. The molecule has 0 spiro atoms. The molecule has 0 bridgehead atoms. The molecule has 1 fully saturated rings. The number of rotatable bonds is 6. The molecule has 0 amide bonds. The number of nitrogens with zero attached hydrogens (tertiary/aromatic N) is 4. The summed E-state index contributed by atoms with van der Waals surface area (Å²) in [5.41, 5.74) is 7.04. The summed E-state index contributed by atoms with van der Waals surface area (Å²) < 4.78 is 1.89. The third kappa shape index (κ3) is 5.48. The summed E-state index contributed by atoms with van der Waals surface area (Å²) in [7, 11) is 0. The van der Waals surface area contributed by atoms with Crippen LogP contribution in [0.3, 0.4) is 0 Å². The van der Waals surface area contributed by atoms with Gasteiger partial charge in [-0.2, -0.15) is 0 Å². The number of carbonyl (C=O) groups is 1. The zero-order valence-electron chi connectivity index (χ0n) is 19.1. The van der Waals surface area contributed by atoms with E-state index < -0.39 is 0 Å². The lowest BCUT2D eigenvalue weighted by Crippen LogP contribution is -2.37. The van der Waals surface area contributed by atoms with Gasteiger partial charge in [0.25, 0.3) is 0 Å². The van der Waals surface area contributed by atoms with E-state index in [0.29, 0.717) is 19.6 Å². The second-order valence-electron chi connectivity index (χ2n) is 8.61. The van der Waals surface area contributed by atoms with E-state index in [-0.39, 0.29) is 5.78 Å². The van der Waals surface area contributed by atoms with Crippen LogP contribution in [0.15, 0.2) is 65.9 Å². The number of piperidine rings is 1. The first-order valence-electron chi connectivity index (χ1n) is 11.2. The highest BCUT2D eigenvalue weighted by molar-refractivity contribution is 6.14. The molecule has 164 valence electrons. The molecule has 0 aliphatic carbocycles. The van der Waals surface area contributed by atoms with Gasteiger partial charge in [0.15, 0.2) is 5.78 Å². The van der Waals surface area contributed by atoms with Gasteiger partial charge in [0, 0.05) is 43.5 Å². The predicted octanol–water partition coefficient (Wildman–Crippen LogP) is 4.86. The lowest BCUT2D eigenvalue weighted by molar-refractivity contribution is -0.113. The van der Waals surface area contributed by atoms with Crippen molar-refractivity contribution >= 4 is 17.9 Å². The Morgan fingerprint density at radius 2 is 1.41 bits per heavy atom. The average Bonchev–Trinajstić information content (AvgIpc) is 3.21. The van der Waals surface area contributed by atoms with Gasteiger partial charge in [0.1, 0.15) is 0 Å². The molecule has 3 aromatic rings. The van der Waals surface area contributed by atoms with Crippen molar-refractivity contribution in [2.75, 3.05) is 13.1 Å². The Hall–Kier alpha value is -3.31. The fourth-order valence-corrected chi connectivity index (χ4v) is 3.93. The van der Waals surface area contributed by atoms with E-state index in [1.54, 1.807) is 0 Å². The number of benzene rings is 2. The number of hydrogen-bond donors (Lipinski definition) is 0. The number of aryl methyl sites for hydroxylation is 3. The van der Waals surface area contributed by atoms with Crippen LogP contribution in [-0.2, 0) is 17.9 Å². The van der Waals surface area contributed by atoms with E-state index in [1.165, 1.54) is 11.1 Å². The molecule has 0 saturated carbocycles. The molecule has 4 rings (SSSR count). The Labute approximate surface area is 190 Å². The summed E-state index contributed by atoms with van der Waals surface area (Å²) in [5.74, 6) is 0.122. The summed E-state index contributed by atoms with van der Waals surface area (Å²) in [6.07, 6.45) is 7.07. The summed E-state index contributed by atoms with van der Waals surface area (Å²) in [4.78, 5) is 15.6. The molecular weight excluding hydrogens is 396 g/mol. The van der Waals surface area contributed by atoms with Crippen LogP contribution >= 0.6 is 0 Å². The molecule has 2 heterocycles. The maximum Gasteiger partial charge on any atom is 0.187 e. The Kier molecular flexibility index (Phi) is 6.76. The third-order valence-electron chi connectivity index (χ3n) is 5.63. The molecule has 1 aromatic heterocycles. The number of Topliss-reactive ketones (excluding diaryl/α,β-unsaturated/α-hetero) is 1. The summed E-state index contributed by atoms with van der Waals surface area (Å²) in [6, 6.07) is 16.6. The van der Waals surface area contributed by atoms with Crippen molar-refractivity contribution in [2.45, 2.75) is 40.3 Å². The quantitative estimate of drug-likeness (QED) is 0.529. The van der Waals surface area contributed by atoms with E-state index in [4.69, 9.17) is 0 Å². The van der Waals surface area contributed by atoms with Crippen LogP contribution in [0.1, 0.15) is 41.3 Å². The molecule has 5 nitrogen and oxygen atoms in total. The highest BCUT2D eigenvalue weighted by Crippen LogP contribution is 2.23. The third-order valence-corrected chi connectivity index (χ3v) is 5.63. The fourth-order valence-electron chi connectivity index (χ4n) is 3.93. The SMILES string of the molecule is CCCn1cc(CN2CC(=Cc3ccc(C)cc3)C(=O)C(=Cc3ccc(C)cc3)C2)nn1. The largest absolute Gasteiger partial charge is 0.289 e. The molecule has 32 heavy (non-hydrogen) atoms. The Morgan fingerprint density at radius 1 is 0.875 bits per heavy atom. The lowest BCUT2D eigenvalue weighted by atomic mass is 9.94. The molecule has 5 heteroatoms. The molecule has 0 radical (unpaired) electrons. The molecule has 0 N–H and O–H groups in total. The summed E-state index contributed by atoms with van der Waals surface area (Å²) in [6.45, 7) is 8.98. The minimum absolute atomic E-state index is 0.122. The molecular formula is C27H30N4O. The van der Waals surface area contributed by atoms with Gasteiger partial charge in [-0.25, -0.2) is 0 Å². The standard InChI is InChI=1S/C27H30N4O/c1-4-13-31-19-26(28-29-31)18-30-16-24(14-22-9-5-20(2)6-10-22)27(32)25(17-30)15-23-11-7-21(3)8-12-23/h5-12,14-15,19H,4,13,16-18H2,1-3H3. The van der Waals surface area contributed by atoms with Crippen LogP contribution in [0.2, 0.25) is 0 Å². The second-order valence-corrected chi connectivity index (χ2v) is 8.61. The van der Waals surface area contributed by atoms with Crippen LogP contribution in [0.4, 0.5) is 0 Å². The van der Waals surface area contributed by atoms with Gasteiger partial charge in [-0.05, 0) is 43.5 Å². The molecule has 2 aromatic carbocycles. The zero-order chi connectivity index (χ0) is 22.5. The predicted molar refractivity (Wildman–Crippen MR) is 129 cm³/mol. The number of aromatic nitrogens is 3.